The zero-order valence-corrected chi connectivity index (χ0v) is 13.5. The van der Waals surface area contributed by atoms with Crippen LogP contribution in [0.2, 0.25) is 0 Å². The van der Waals surface area contributed by atoms with Gasteiger partial charge in [-0.25, -0.2) is 9.59 Å². The topological polar surface area (TPSA) is 52.6 Å². The molecule has 0 aromatic carbocycles. The van der Waals surface area contributed by atoms with Gasteiger partial charge in [-0.15, -0.1) is 0 Å². The molecule has 3 unspecified atom stereocenters. The number of esters is 2. The van der Waals surface area contributed by atoms with Crippen molar-refractivity contribution in [2.24, 2.45) is 16.7 Å². The first-order chi connectivity index (χ1) is 9.72. The van der Waals surface area contributed by atoms with Crippen LogP contribution in [-0.2, 0) is 19.1 Å². The summed E-state index contributed by atoms with van der Waals surface area (Å²) in [6.45, 7) is 13.5. The van der Waals surface area contributed by atoms with E-state index in [1.165, 1.54) is 26.0 Å². The van der Waals surface area contributed by atoms with Crippen LogP contribution in [0.1, 0.15) is 40.0 Å². The predicted octanol–water partition coefficient (Wildman–Crippen LogP) is 3.28. The van der Waals surface area contributed by atoms with Crippen molar-refractivity contribution < 1.29 is 19.1 Å². The highest BCUT2D eigenvalue weighted by atomic mass is 16.5. The van der Waals surface area contributed by atoms with E-state index in [4.69, 9.17) is 4.74 Å². The molecule has 0 amide bonds. The third-order valence-electron chi connectivity index (χ3n) is 5.51. The first-order valence-electron chi connectivity index (χ1n) is 7.26. The second kappa shape index (κ2) is 6.46. The summed E-state index contributed by atoms with van der Waals surface area (Å²) in [5.74, 6) is 0.0460. The van der Waals surface area contributed by atoms with Crippen LogP contribution in [0.15, 0.2) is 25.3 Å². The summed E-state index contributed by atoms with van der Waals surface area (Å²) < 4.78 is 9.62. The molecule has 0 saturated heterocycles. The summed E-state index contributed by atoms with van der Waals surface area (Å²) in [6, 6.07) is 0. The molecule has 3 atom stereocenters. The second-order valence-electron chi connectivity index (χ2n) is 6.47. The van der Waals surface area contributed by atoms with Gasteiger partial charge in [0, 0.05) is 17.6 Å². The van der Waals surface area contributed by atoms with Crippen LogP contribution in [0.5, 0.6) is 0 Å². The van der Waals surface area contributed by atoms with Crippen molar-refractivity contribution in [3.05, 3.63) is 25.3 Å². The van der Waals surface area contributed by atoms with Gasteiger partial charge in [-0.05, 0) is 30.6 Å². The predicted molar refractivity (Wildman–Crippen MR) is 81.5 cm³/mol. The van der Waals surface area contributed by atoms with Gasteiger partial charge in [0.25, 0.3) is 0 Å². The molecule has 0 aromatic rings. The zero-order valence-electron chi connectivity index (χ0n) is 13.5. The number of carbonyl (C=O) groups is 2. The van der Waals surface area contributed by atoms with Gasteiger partial charge in [-0.2, -0.15) is 0 Å². The van der Waals surface area contributed by atoms with Crippen molar-refractivity contribution in [1.82, 2.24) is 0 Å². The van der Waals surface area contributed by atoms with E-state index in [0.717, 1.165) is 12.5 Å². The molecule has 2 fully saturated rings. The molecule has 0 N–H and O–H groups in total. The Labute approximate surface area is 127 Å². The second-order valence-corrected chi connectivity index (χ2v) is 6.47. The van der Waals surface area contributed by atoms with E-state index in [9.17, 15) is 9.59 Å². The number of methoxy groups -OCH3 is 1. The Balaban J connectivity index is 0.000000315. The summed E-state index contributed by atoms with van der Waals surface area (Å²) in [6.07, 6.45) is 5.97. The fraction of sp³-hybridized carbons (Fsp3) is 0.647. The van der Waals surface area contributed by atoms with Crippen molar-refractivity contribution in [3.63, 3.8) is 0 Å². The lowest BCUT2D eigenvalue weighted by atomic mass is 9.70. The number of hydrogen-bond donors (Lipinski definition) is 0. The Kier molecular flexibility index (Phi) is 5.37. The van der Waals surface area contributed by atoms with Crippen molar-refractivity contribution in [1.29, 1.82) is 0 Å². The molecule has 2 saturated carbocycles. The van der Waals surface area contributed by atoms with E-state index in [1.807, 2.05) is 0 Å². The van der Waals surface area contributed by atoms with Crippen LogP contribution in [0.4, 0.5) is 0 Å². The lowest BCUT2D eigenvalue weighted by Crippen LogP contribution is -2.38. The minimum Gasteiger partial charge on any atom is -0.466 e. The summed E-state index contributed by atoms with van der Waals surface area (Å²) in [5.41, 5.74) is 0.468. The van der Waals surface area contributed by atoms with Crippen LogP contribution < -0.4 is 0 Å². The van der Waals surface area contributed by atoms with Crippen molar-refractivity contribution in [3.8, 4) is 0 Å². The number of fused-ring (bicyclic) bond motifs is 2. The maximum atomic E-state index is 11.3. The van der Waals surface area contributed by atoms with Crippen LogP contribution in [0.25, 0.3) is 0 Å². The summed E-state index contributed by atoms with van der Waals surface area (Å²) in [5, 5.41) is 0. The van der Waals surface area contributed by atoms with Gasteiger partial charge in [0.05, 0.1) is 7.11 Å². The number of rotatable bonds is 3. The van der Waals surface area contributed by atoms with Crippen molar-refractivity contribution in [2.75, 3.05) is 7.11 Å². The lowest BCUT2D eigenvalue weighted by molar-refractivity contribution is -0.150. The Hall–Kier alpha value is -1.58. The third kappa shape index (κ3) is 3.20. The number of ether oxygens (including phenoxy) is 2. The van der Waals surface area contributed by atoms with E-state index in [0.29, 0.717) is 11.3 Å². The van der Waals surface area contributed by atoms with E-state index in [1.54, 1.807) is 0 Å². The fourth-order valence-corrected chi connectivity index (χ4v) is 3.58. The molecule has 4 heteroatoms. The van der Waals surface area contributed by atoms with Crippen molar-refractivity contribution >= 4 is 11.9 Å². The summed E-state index contributed by atoms with van der Waals surface area (Å²) in [7, 11) is 1.31. The molecule has 0 radical (unpaired) electrons. The normalized spacial score (nSPS) is 31.6. The Morgan fingerprint density at radius 1 is 1.14 bits per heavy atom. The highest BCUT2D eigenvalue weighted by Gasteiger charge is 2.62. The Morgan fingerprint density at radius 2 is 1.71 bits per heavy atom. The molecule has 2 bridgehead atoms. The van der Waals surface area contributed by atoms with E-state index in [2.05, 4.69) is 38.7 Å². The third-order valence-corrected chi connectivity index (χ3v) is 5.51. The molecule has 0 spiro atoms. The highest BCUT2D eigenvalue weighted by Crippen LogP contribution is 2.66. The SMILES string of the molecule is C=CC(=O)OC.C=CC(=O)OC1CC2CCC1(C)C2(C)C. The zero-order chi connectivity index (χ0) is 16.3. The largest absolute Gasteiger partial charge is 0.466 e. The molecule has 4 nitrogen and oxygen atoms in total. The van der Waals surface area contributed by atoms with E-state index >= 15 is 0 Å². The van der Waals surface area contributed by atoms with E-state index in [-0.39, 0.29) is 17.5 Å². The minimum atomic E-state index is -0.394. The Morgan fingerprint density at radius 3 is 2.00 bits per heavy atom. The molecule has 0 aliphatic heterocycles. The van der Waals surface area contributed by atoms with Gasteiger partial charge >= 0.3 is 11.9 Å². The van der Waals surface area contributed by atoms with Gasteiger partial charge in [0.15, 0.2) is 0 Å². The highest BCUT2D eigenvalue weighted by molar-refractivity contribution is 5.81. The smallest absolute Gasteiger partial charge is 0.330 e. The average molecular weight is 294 g/mol. The van der Waals surface area contributed by atoms with Gasteiger partial charge in [-0.1, -0.05) is 33.9 Å². The van der Waals surface area contributed by atoms with Gasteiger partial charge in [0.2, 0.25) is 0 Å². The summed E-state index contributed by atoms with van der Waals surface area (Å²) in [4.78, 5) is 21.1. The van der Waals surface area contributed by atoms with E-state index < -0.39 is 5.97 Å². The monoisotopic (exact) mass is 294 g/mol. The fourth-order valence-electron chi connectivity index (χ4n) is 3.58. The van der Waals surface area contributed by atoms with Crippen LogP contribution in [-0.4, -0.2) is 25.2 Å². The number of hydrogen-bond acceptors (Lipinski definition) is 4. The maximum Gasteiger partial charge on any atom is 0.330 e. The van der Waals surface area contributed by atoms with Gasteiger partial charge in [-0.3, -0.25) is 0 Å². The molecule has 118 valence electrons. The van der Waals surface area contributed by atoms with Crippen LogP contribution in [0.3, 0.4) is 0 Å². The molecule has 2 aliphatic rings. The number of carbonyl (C=O) groups excluding carboxylic acids is 2. The molecule has 0 heterocycles. The molecular formula is C17H26O4. The minimum absolute atomic E-state index is 0.0942. The quantitative estimate of drug-likeness (QED) is 0.592. The molecule has 2 rings (SSSR count). The Bertz CT molecular complexity index is 438. The maximum absolute atomic E-state index is 11.3. The molecule has 21 heavy (non-hydrogen) atoms. The first kappa shape index (κ1) is 17.5. The van der Waals surface area contributed by atoms with Crippen LogP contribution >= 0.6 is 0 Å². The van der Waals surface area contributed by atoms with Crippen LogP contribution in [0, 0.1) is 16.7 Å². The average Bonchev–Trinajstić information content (AvgIpc) is 2.80. The standard InChI is InChI=1S/C13H20O2.C4H6O2/c1-5-11(14)15-10-8-9-6-7-13(10,4)12(9,2)3;1-3-4(5)6-2/h5,9-10H,1,6-8H2,2-4H3;3H,1H2,2H3. The van der Waals surface area contributed by atoms with Crippen molar-refractivity contribution in [2.45, 2.75) is 46.1 Å². The summed E-state index contributed by atoms with van der Waals surface area (Å²) >= 11 is 0. The first-order valence-corrected chi connectivity index (χ1v) is 7.26. The molecule has 0 aromatic heterocycles. The lowest BCUT2D eigenvalue weighted by Gasteiger charge is -2.38. The molecule has 2 aliphatic carbocycles. The van der Waals surface area contributed by atoms with Gasteiger partial charge in [0.1, 0.15) is 6.10 Å². The van der Waals surface area contributed by atoms with Gasteiger partial charge < -0.3 is 9.47 Å². The molecular weight excluding hydrogens is 268 g/mol.